The molecule has 2 fully saturated rings. The number of hydrogen-bond acceptors (Lipinski definition) is 2. The third-order valence-corrected chi connectivity index (χ3v) is 6.48. The van der Waals surface area contributed by atoms with Crippen molar-refractivity contribution in [2.45, 2.75) is 50.2 Å². The van der Waals surface area contributed by atoms with E-state index < -0.39 is 6.42 Å². The average molecular weight is 277 g/mol. The van der Waals surface area contributed by atoms with E-state index in [1.54, 1.807) is 0 Å². The molecule has 2 nitrogen and oxygen atoms in total. The van der Waals surface area contributed by atoms with Gasteiger partial charge in [-0.2, -0.15) is 0 Å². The van der Waals surface area contributed by atoms with Gasteiger partial charge >= 0.3 is 0 Å². The molecule has 21 heavy (non-hydrogen) atoms. The zero-order valence-corrected chi connectivity index (χ0v) is 12.4. The zero-order chi connectivity index (χ0) is 13.9. The molecular weight excluding hydrogens is 255 g/mol. The summed E-state index contributed by atoms with van der Waals surface area (Å²) < 4.78 is 0. The Hall–Kier alpha value is -1.64. The van der Waals surface area contributed by atoms with E-state index in [0.29, 0.717) is 0 Å². The van der Waals surface area contributed by atoms with Crippen molar-refractivity contribution in [3.63, 3.8) is 0 Å². The van der Waals surface area contributed by atoms with Crippen LogP contribution in [-0.2, 0) is 0 Å². The van der Waals surface area contributed by atoms with E-state index in [2.05, 4.69) is 46.9 Å². The number of rotatable bonds is 0. The minimum atomic E-state index is -0.678. The fourth-order valence-electron chi connectivity index (χ4n) is 5.61. The van der Waals surface area contributed by atoms with Crippen LogP contribution in [0.3, 0.4) is 0 Å². The fourth-order valence-corrected chi connectivity index (χ4v) is 5.61. The molecule has 3 heteroatoms. The molecule has 108 valence electrons. The Morgan fingerprint density at radius 3 is 1.81 bits per heavy atom. The maximum absolute atomic E-state index is 4.03. The van der Waals surface area contributed by atoms with Crippen LogP contribution in [-0.4, -0.2) is 6.42 Å². The molecule has 0 saturated carbocycles. The second-order valence-electron chi connectivity index (χ2n) is 7.38. The number of benzene rings is 2. The van der Waals surface area contributed by atoms with Gasteiger partial charge in [0.05, 0.1) is 0 Å². The molecule has 0 aromatic heterocycles. The third kappa shape index (κ3) is 1.55. The van der Waals surface area contributed by atoms with Crippen LogP contribution in [0.4, 0.5) is 11.4 Å². The largest absolute Gasteiger partial charge is 0.540 e. The van der Waals surface area contributed by atoms with Crippen LogP contribution in [0.15, 0.2) is 36.4 Å². The molecule has 0 unspecified atom stereocenters. The van der Waals surface area contributed by atoms with Crippen molar-refractivity contribution < 1.29 is 0 Å². The van der Waals surface area contributed by atoms with Gasteiger partial charge in [-0.25, -0.2) is 0 Å². The lowest BCUT2D eigenvalue weighted by Gasteiger charge is -2.62. The first-order valence-electron chi connectivity index (χ1n) is 8.62. The predicted molar refractivity (Wildman–Crippen MR) is 92.1 cm³/mol. The quantitative estimate of drug-likeness (QED) is 0.644. The molecule has 1 spiro atoms. The summed E-state index contributed by atoms with van der Waals surface area (Å²) >= 11 is 0. The van der Waals surface area contributed by atoms with Crippen molar-refractivity contribution in [1.29, 1.82) is 0 Å². The molecule has 3 aliphatic heterocycles. The molecule has 0 radical (unpaired) electrons. The van der Waals surface area contributed by atoms with E-state index in [1.807, 2.05) is 0 Å². The van der Waals surface area contributed by atoms with Crippen LogP contribution in [0, 0.1) is 0 Å². The maximum Gasteiger partial charge on any atom is 0.182 e. The van der Waals surface area contributed by atoms with E-state index in [9.17, 15) is 0 Å². The number of hydrogen-bond donors (Lipinski definition) is 2. The monoisotopic (exact) mass is 277 g/mol. The van der Waals surface area contributed by atoms with Gasteiger partial charge in [0.15, 0.2) is 6.42 Å². The van der Waals surface area contributed by atoms with Gasteiger partial charge in [-0.1, -0.05) is 62.8 Å². The summed E-state index contributed by atoms with van der Waals surface area (Å²) in [5.74, 6) is 1.67. The summed E-state index contributed by atoms with van der Waals surface area (Å²) in [6.45, 7) is 0. The molecular formula is C18H22BN2-. The van der Waals surface area contributed by atoms with Crippen LogP contribution < -0.4 is 10.5 Å². The van der Waals surface area contributed by atoms with Gasteiger partial charge in [-0.15, -0.1) is 11.6 Å². The van der Waals surface area contributed by atoms with Crippen LogP contribution in [0.5, 0.6) is 0 Å². The van der Waals surface area contributed by atoms with Crippen molar-refractivity contribution in [2.24, 2.45) is 0 Å². The summed E-state index contributed by atoms with van der Waals surface area (Å²) in [6.07, 6.45) is 7.76. The van der Waals surface area contributed by atoms with Crippen LogP contribution in [0.25, 0.3) is 10.8 Å². The first-order valence-corrected chi connectivity index (χ1v) is 8.62. The minimum absolute atomic E-state index is 0.678. The molecule has 3 aliphatic rings. The van der Waals surface area contributed by atoms with E-state index in [4.69, 9.17) is 0 Å². The first kappa shape index (κ1) is 12.0. The molecule has 2 aromatic carbocycles. The van der Waals surface area contributed by atoms with Crippen LogP contribution >= 0.6 is 0 Å². The van der Waals surface area contributed by atoms with Crippen LogP contribution in [0.1, 0.15) is 38.5 Å². The first-order chi connectivity index (χ1) is 10.4. The van der Waals surface area contributed by atoms with Gasteiger partial charge in [0.25, 0.3) is 0 Å². The SMILES string of the molecule is c1cc2c3c(cccc3c1)N[B-]1(N2)C2CCCC1CCC2. The lowest BCUT2D eigenvalue weighted by Crippen LogP contribution is -2.63. The highest BCUT2D eigenvalue weighted by molar-refractivity contribution is 6.89. The summed E-state index contributed by atoms with van der Waals surface area (Å²) in [4.78, 5) is 0. The number of anilines is 2. The smallest absolute Gasteiger partial charge is 0.182 e. The van der Waals surface area contributed by atoms with Gasteiger partial charge in [0.2, 0.25) is 0 Å². The Balaban J connectivity index is 1.70. The van der Waals surface area contributed by atoms with Crippen LogP contribution in [0.2, 0.25) is 11.6 Å². The van der Waals surface area contributed by atoms with Gasteiger partial charge < -0.3 is 10.5 Å². The summed E-state index contributed by atoms with van der Waals surface area (Å²) in [5.41, 5.74) is 2.72. The molecule has 0 aliphatic carbocycles. The summed E-state index contributed by atoms with van der Waals surface area (Å²) in [7, 11) is 0. The molecule has 0 amide bonds. The van der Waals surface area contributed by atoms with E-state index in [0.717, 1.165) is 11.6 Å². The highest BCUT2D eigenvalue weighted by Crippen LogP contribution is 2.55. The van der Waals surface area contributed by atoms with Gasteiger partial charge in [-0.05, 0) is 17.5 Å². The van der Waals surface area contributed by atoms with Crippen molar-refractivity contribution in [3.05, 3.63) is 36.4 Å². The molecule has 3 heterocycles. The van der Waals surface area contributed by atoms with Gasteiger partial charge in [-0.3, -0.25) is 0 Å². The summed E-state index contributed by atoms with van der Waals surface area (Å²) in [6, 6.07) is 13.4. The predicted octanol–water partition coefficient (Wildman–Crippen LogP) is 5.23. The Morgan fingerprint density at radius 1 is 0.762 bits per heavy atom. The Kier molecular flexibility index (Phi) is 2.39. The second kappa shape index (κ2) is 4.19. The van der Waals surface area contributed by atoms with Gasteiger partial charge in [0.1, 0.15) is 0 Å². The topological polar surface area (TPSA) is 24.1 Å². The molecule has 5 rings (SSSR count). The van der Waals surface area contributed by atoms with Crippen molar-refractivity contribution in [3.8, 4) is 0 Å². The average Bonchev–Trinajstić information content (AvgIpc) is 2.47. The molecule has 2 saturated heterocycles. The highest BCUT2D eigenvalue weighted by Gasteiger charge is 2.46. The Labute approximate surface area is 126 Å². The zero-order valence-electron chi connectivity index (χ0n) is 12.4. The van der Waals surface area contributed by atoms with E-state index in [1.165, 1.54) is 60.7 Å². The highest BCUT2D eigenvalue weighted by atomic mass is 15.1. The maximum atomic E-state index is 4.03. The molecule has 2 bridgehead atoms. The lowest BCUT2D eigenvalue weighted by atomic mass is 9.24. The summed E-state index contributed by atoms with van der Waals surface area (Å²) in [5, 5.41) is 10.8. The lowest BCUT2D eigenvalue weighted by molar-refractivity contribution is 0.433. The van der Waals surface area contributed by atoms with Gasteiger partial charge in [0, 0.05) is 16.8 Å². The second-order valence-corrected chi connectivity index (χ2v) is 7.38. The van der Waals surface area contributed by atoms with Crippen molar-refractivity contribution in [2.75, 3.05) is 10.5 Å². The third-order valence-electron chi connectivity index (χ3n) is 6.48. The molecule has 2 aromatic rings. The number of nitrogens with one attached hydrogen (secondary N) is 2. The Bertz CT molecular complexity index is 647. The molecule has 2 N–H and O–H groups in total. The van der Waals surface area contributed by atoms with E-state index >= 15 is 0 Å². The Morgan fingerprint density at radius 2 is 1.29 bits per heavy atom. The fraction of sp³-hybridized carbons (Fsp3) is 0.444. The normalized spacial score (nSPS) is 29.0. The minimum Gasteiger partial charge on any atom is -0.540 e. The standard InChI is InChI=1S/C18H22BN2/c1-5-13-6-2-12-17-18(13)16(11-1)20-19(21-17)14-7-3-8-15(19)10-4-9-14/h1-2,5-6,11-12,14-15,20-21H,3-4,7-10H2/q-1. The van der Waals surface area contributed by atoms with Crippen molar-refractivity contribution >= 4 is 28.6 Å². The van der Waals surface area contributed by atoms with Crippen molar-refractivity contribution in [1.82, 2.24) is 0 Å². The molecule has 0 atom stereocenters. The van der Waals surface area contributed by atoms with E-state index in [-0.39, 0.29) is 0 Å².